The molecular formula is C30H32N4O2. The minimum Gasteiger partial charge on any atom is -0.508 e. The molecule has 0 fully saturated rings. The summed E-state index contributed by atoms with van der Waals surface area (Å²) in [6, 6.07) is 23.8. The van der Waals surface area contributed by atoms with Gasteiger partial charge in [0.2, 0.25) is 0 Å². The second-order valence-corrected chi connectivity index (χ2v) is 9.23. The van der Waals surface area contributed by atoms with Crippen molar-refractivity contribution in [1.29, 1.82) is 0 Å². The van der Waals surface area contributed by atoms with Crippen molar-refractivity contribution in [2.24, 2.45) is 0 Å². The molecule has 0 saturated heterocycles. The minimum absolute atomic E-state index is 0.00966. The van der Waals surface area contributed by atoms with Gasteiger partial charge in [-0.25, -0.2) is 4.98 Å². The highest BCUT2D eigenvalue weighted by molar-refractivity contribution is 5.94. The summed E-state index contributed by atoms with van der Waals surface area (Å²) in [7, 11) is 0. The first-order chi connectivity index (χ1) is 17.6. The number of imidazole rings is 1. The Morgan fingerprint density at radius 1 is 1.06 bits per heavy atom. The topological polar surface area (TPSA) is 72.5 Å². The highest BCUT2D eigenvalue weighted by atomic mass is 16.3. The maximum atomic E-state index is 12.8. The Balaban J connectivity index is 1.45. The quantitative estimate of drug-likeness (QED) is 0.371. The summed E-state index contributed by atoms with van der Waals surface area (Å²) in [5, 5.41) is 10.1. The number of phenols is 1. The Morgan fingerprint density at radius 3 is 2.53 bits per heavy atom. The Labute approximate surface area is 212 Å². The molecule has 1 aromatic heterocycles. The Hall–Kier alpha value is -3.90. The van der Waals surface area contributed by atoms with Gasteiger partial charge in [0.05, 0.1) is 6.04 Å². The first-order valence-corrected chi connectivity index (χ1v) is 12.6. The monoisotopic (exact) mass is 480 g/mol. The number of nitrogens with one attached hydrogen (secondary N) is 1. The number of aromatic nitrogens is 2. The third kappa shape index (κ3) is 4.77. The number of phenolic OH excluding ortho intramolecular Hbond substituents is 1. The van der Waals surface area contributed by atoms with Gasteiger partial charge in [-0.05, 0) is 61.2 Å². The van der Waals surface area contributed by atoms with Gasteiger partial charge in [-0.1, -0.05) is 48.5 Å². The van der Waals surface area contributed by atoms with Gasteiger partial charge in [0, 0.05) is 49.2 Å². The molecule has 3 aromatic carbocycles. The second-order valence-electron chi connectivity index (χ2n) is 9.23. The average Bonchev–Trinajstić information content (AvgIpc) is 3.38. The highest BCUT2D eigenvalue weighted by Crippen LogP contribution is 2.37. The molecule has 1 amide bonds. The number of carbonyl (C=O) groups is 1. The van der Waals surface area contributed by atoms with E-state index in [1.165, 1.54) is 5.56 Å². The third-order valence-corrected chi connectivity index (χ3v) is 7.03. The predicted octanol–water partition coefficient (Wildman–Crippen LogP) is 5.41. The standard InChI is InChI=1S/C30H32N4O2/c1-3-33(4-2)30(36)23-12-10-21(11-13-23)28-27-15-14-26(35)18-24(27)16-17-34(28)20-25-19-31-29(32-25)22-8-6-5-7-9-22/h5-15,18-19,28,35H,3-4,16-17,20H2,1-2H3,(H,31,32). The fourth-order valence-corrected chi connectivity index (χ4v) is 5.13. The van der Waals surface area contributed by atoms with Crippen LogP contribution in [0.3, 0.4) is 0 Å². The van der Waals surface area contributed by atoms with Crippen molar-refractivity contribution in [3.8, 4) is 17.1 Å². The zero-order valence-corrected chi connectivity index (χ0v) is 20.8. The van der Waals surface area contributed by atoms with E-state index in [0.29, 0.717) is 30.9 Å². The molecule has 2 heterocycles. The van der Waals surface area contributed by atoms with Crippen molar-refractivity contribution in [2.75, 3.05) is 19.6 Å². The van der Waals surface area contributed by atoms with E-state index in [1.807, 2.05) is 67.4 Å². The number of hydrogen-bond donors (Lipinski definition) is 2. The maximum Gasteiger partial charge on any atom is 0.253 e. The van der Waals surface area contributed by atoms with Crippen LogP contribution in [0.15, 0.2) is 79.0 Å². The van der Waals surface area contributed by atoms with Gasteiger partial charge in [0.1, 0.15) is 11.6 Å². The van der Waals surface area contributed by atoms with Crippen LogP contribution in [0.4, 0.5) is 0 Å². The van der Waals surface area contributed by atoms with Crippen molar-refractivity contribution in [3.05, 3.63) is 107 Å². The number of aromatic amines is 1. The van der Waals surface area contributed by atoms with E-state index in [2.05, 4.69) is 39.1 Å². The molecule has 1 aliphatic rings. The molecule has 1 unspecified atom stereocenters. The van der Waals surface area contributed by atoms with Crippen LogP contribution in [0.5, 0.6) is 5.75 Å². The number of aromatic hydroxyl groups is 1. The van der Waals surface area contributed by atoms with Crippen LogP contribution in [-0.4, -0.2) is 50.4 Å². The molecule has 1 aliphatic heterocycles. The molecule has 0 saturated carbocycles. The molecule has 2 N–H and O–H groups in total. The third-order valence-electron chi connectivity index (χ3n) is 7.03. The number of H-pyrrole nitrogens is 1. The first kappa shape index (κ1) is 23.8. The predicted molar refractivity (Wildman–Crippen MR) is 142 cm³/mol. The SMILES string of the molecule is CCN(CC)C(=O)c1ccc(C2c3ccc(O)cc3CCN2Cc2cnc(-c3ccccc3)[nH]2)cc1. The van der Waals surface area contributed by atoms with E-state index < -0.39 is 0 Å². The number of benzene rings is 3. The number of fused-ring (bicyclic) bond motifs is 1. The van der Waals surface area contributed by atoms with Crippen molar-refractivity contribution >= 4 is 5.91 Å². The van der Waals surface area contributed by atoms with Crippen LogP contribution in [0.1, 0.15) is 52.6 Å². The maximum absolute atomic E-state index is 12.8. The molecule has 184 valence electrons. The first-order valence-electron chi connectivity index (χ1n) is 12.6. The van der Waals surface area contributed by atoms with Gasteiger partial charge < -0.3 is 15.0 Å². The summed E-state index contributed by atoms with van der Waals surface area (Å²) < 4.78 is 0. The molecular weight excluding hydrogens is 448 g/mol. The number of amides is 1. The van der Waals surface area contributed by atoms with Crippen molar-refractivity contribution < 1.29 is 9.90 Å². The summed E-state index contributed by atoms with van der Waals surface area (Å²) in [5.74, 6) is 1.22. The summed E-state index contributed by atoms with van der Waals surface area (Å²) in [6.45, 7) is 6.95. The minimum atomic E-state index is 0.00966. The fourth-order valence-electron chi connectivity index (χ4n) is 5.13. The lowest BCUT2D eigenvalue weighted by atomic mass is 9.87. The molecule has 0 bridgehead atoms. The average molecular weight is 481 g/mol. The van der Waals surface area contributed by atoms with Crippen molar-refractivity contribution in [1.82, 2.24) is 19.8 Å². The zero-order chi connectivity index (χ0) is 25.1. The summed E-state index contributed by atoms with van der Waals surface area (Å²) in [6.07, 6.45) is 2.77. The lowest BCUT2D eigenvalue weighted by Crippen LogP contribution is -2.36. The van der Waals surface area contributed by atoms with Crippen LogP contribution >= 0.6 is 0 Å². The van der Waals surface area contributed by atoms with Gasteiger partial charge in [-0.15, -0.1) is 0 Å². The lowest BCUT2D eigenvalue weighted by molar-refractivity contribution is 0.0773. The van der Waals surface area contributed by atoms with Crippen molar-refractivity contribution in [2.45, 2.75) is 32.9 Å². The smallest absolute Gasteiger partial charge is 0.253 e. The van der Waals surface area contributed by atoms with E-state index >= 15 is 0 Å². The number of hydrogen-bond acceptors (Lipinski definition) is 4. The number of nitrogens with zero attached hydrogens (tertiary/aromatic N) is 3. The Kier molecular flexibility index (Phi) is 6.87. The molecule has 4 aromatic rings. The fraction of sp³-hybridized carbons (Fsp3) is 0.267. The van der Waals surface area contributed by atoms with Crippen LogP contribution in [-0.2, 0) is 13.0 Å². The molecule has 0 radical (unpaired) electrons. The summed E-state index contributed by atoms with van der Waals surface area (Å²) in [5.41, 5.74) is 6.29. The lowest BCUT2D eigenvalue weighted by Gasteiger charge is -2.37. The van der Waals surface area contributed by atoms with Gasteiger partial charge in [-0.3, -0.25) is 9.69 Å². The van der Waals surface area contributed by atoms with Gasteiger partial charge in [0.25, 0.3) is 5.91 Å². The second kappa shape index (κ2) is 10.4. The molecule has 5 rings (SSSR count). The summed E-state index contributed by atoms with van der Waals surface area (Å²) in [4.78, 5) is 25.2. The van der Waals surface area contributed by atoms with Crippen LogP contribution in [0, 0.1) is 0 Å². The van der Waals surface area contributed by atoms with E-state index in [-0.39, 0.29) is 11.9 Å². The molecule has 1 atom stereocenters. The van der Waals surface area contributed by atoms with Gasteiger partial charge >= 0.3 is 0 Å². The van der Waals surface area contributed by atoms with E-state index in [4.69, 9.17) is 0 Å². The van der Waals surface area contributed by atoms with E-state index in [9.17, 15) is 9.90 Å². The van der Waals surface area contributed by atoms with E-state index in [1.54, 1.807) is 6.07 Å². The van der Waals surface area contributed by atoms with Gasteiger partial charge in [0.15, 0.2) is 0 Å². The number of carbonyl (C=O) groups excluding carboxylic acids is 1. The molecule has 0 spiro atoms. The van der Waals surface area contributed by atoms with E-state index in [0.717, 1.165) is 41.2 Å². The molecule has 36 heavy (non-hydrogen) atoms. The highest BCUT2D eigenvalue weighted by Gasteiger charge is 2.30. The molecule has 0 aliphatic carbocycles. The van der Waals surface area contributed by atoms with Gasteiger partial charge in [-0.2, -0.15) is 0 Å². The Morgan fingerprint density at radius 2 is 1.81 bits per heavy atom. The number of rotatable bonds is 7. The molecule has 6 nitrogen and oxygen atoms in total. The van der Waals surface area contributed by atoms with Crippen LogP contribution in [0.2, 0.25) is 0 Å². The summed E-state index contributed by atoms with van der Waals surface area (Å²) >= 11 is 0. The largest absolute Gasteiger partial charge is 0.508 e. The van der Waals surface area contributed by atoms with Crippen molar-refractivity contribution in [3.63, 3.8) is 0 Å². The molecule has 6 heteroatoms. The Bertz CT molecular complexity index is 1330. The zero-order valence-electron chi connectivity index (χ0n) is 20.8. The normalized spacial score (nSPS) is 15.4. The van der Waals surface area contributed by atoms with Crippen LogP contribution < -0.4 is 0 Å². The van der Waals surface area contributed by atoms with Crippen LogP contribution in [0.25, 0.3) is 11.4 Å².